The second kappa shape index (κ2) is 7.67. The first-order chi connectivity index (χ1) is 14.0. The number of rotatable bonds is 4. The summed E-state index contributed by atoms with van der Waals surface area (Å²) in [6, 6.07) is 11.4. The third-order valence-corrected chi connectivity index (χ3v) is 6.25. The van der Waals surface area contributed by atoms with Crippen LogP contribution in [0.1, 0.15) is 49.3 Å². The number of hydrazone groups is 1. The van der Waals surface area contributed by atoms with Gasteiger partial charge in [-0.3, -0.25) is 4.79 Å². The third kappa shape index (κ3) is 3.25. The van der Waals surface area contributed by atoms with Gasteiger partial charge in [0, 0.05) is 18.9 Å². The lowest BCUT2D eigenvalue weighted by atomic mass is 9.65. The smallest absolute Gasteiger partial charge is 0.240 e. The molecule has 0 saturated heterocycles. The van der Waals surface area contributed by atoms with E-state index < -0.39 is 17.2 Å². The Balaban J connectivity index is 1.87. The predicted molar refractivity (Wildman–Crippen MR) is 108 cm³/mol. The van der Waals surface area contributed by atoms with Crippen molar-refractivity contribution in [1.82, 2.24) is 5.01 Å². The molecule has 0 saturated carbocycles. The molecule has 29 heavy (non-hydrogen) atoms. The molecule has 0 aromatic heterocycles. The molecule has 1 heterocycles. The van der Waals surface area contributed by atoms with E-state index in [1.54, 1.807) is 0 Å². The van der Waals surface area contributed by atoms with Crippen molar-refractivity contribution >= 4 is 11.6 Å². The van der Waals surface area contributed by atoms with Crippen molar-refractivity contribution in [1.29, 1.82) is 0 Å². The molecule has 2 aromatic carbocycles. The largest absolute Gasteiger partial charge is 0.330 e. The Hall–Kier alpha value is -2.60. The average Bonchev–Trinajstić information content (AvgIpc) is 3.11. The molecule has 0 fully saturated rings. The Morgan fingerprint density at radius 1 is 1.28 bits per heavy atom. The van der Waals surface area contributed by atoms with E-state index >= 15 is 0 Å². The number of halogens is 2. The second-order valence-electron chi connectivity index (χ2n) is 7.93. The highest BCUT2D eigenvalue weighted by Gasteiger charge is 2.54. The second-order valence-corrected chi connectivity index (χ2v) is 7.93. The van der Waals surface area contributed by atoms with E-state index in [1.165, 1.54) is 17.5 Å². The van der Waals surface area contributed by atoms with Crippen molar-refractivity contribution in [3.05, 3.63) is 70.8 Å². The highest BCUT2D eigenvalue weighted by atomic mass is 19.1. The van der Waals surface area contributed by atoms with Crippen molar-refractivity contribution in [2.24, 2.45) is 16.8 Å². The van der Waals surface area contributed by atoms with E-state index in [0.29, 0.717) is 18.7 Å². The minimum atomic E-state index is -0.691. The van der Waals surface area contributed by atoms with Gasteiger partial charge in [-0.15, -0.1) is 0 Å². The molecule has 2 unspecified atom stereocenters. The number of fused-ring (bicyclic) bond motifs is 2. The van der Waals surface area contributed by atoms with Crippen LogP contribution < -0.4 is 5.73 Å². The van der Waals surface area contributed by atoms with Crippen molar-refractivity contribution < 1.29 is 13.6 Å². The fourth-order valence-electron chi connectivity index (χ4n) is 5.02. The van der Waals surface area contributed by atoms with Crippen LogP contribution >= 0.6 is 0 Å². The van der Waals surface area contributed by atoms with Gasteiger partial charge < -0.3 is 5.73 Å². The molecule has 152 valence electrons. The molecule has 1 aliphatic heterocycles. The van der Waals surface area contributed by atoms with Crippen molar-refractivity contribution in [3.8, 4) is 0 Å². The SMILES string of the molecule is CC(=O)N1N=C(c2cc(F)ccc2F)CC12c1ccccc1CCC2CCCN. The van der Waals surface area contributed by atoms with Crippen LogP contribution in [-0.2, 0) is 16.8 Å². The molecule has 1 amide bonds. The first-order valence-corrected chi connectivity index (χ1v) is 10.1. The summed E-state index contributed by atoms with van der Waals surface area (Å²) in [6.07, 6.45) is 3.87. The van der Waals surface area contributed by atoms with Gasteiger partial charge in [0.1, 0.15) is 11.6 Å². The van der Waals surface area contributed by atoms with Crippen molar-refractivity contribution in [3.63, 3.8) is 0 Å². The normalized spacial score (nSPS) is 23.2. The number of benzene rings is 2. The number of hydrogen-bond donors (Lipinski definition) is 1. The van der Waals surface area contributed by atoms with Crippen molar-refractivity contribution in [2.45, 2.75) is 44.6 Å². The lowest BCUT2D eigenvalue weighted by molar-refractivity contribution is -0.137. The van der Waals surface area contributed by atoms with Gasteiger partial charge in [-0.1, -0.05) is 24.3 Å². The molecule has 2 aliphatic rings. The molecule has 0 radical (unpaired) electrons. The third-order valence-electron chi connectivity index (χ3n) is 6.25. The van der Waals surface area contributed by atoms with Gasteiger partial charge in [0.2, 0.25) is 5.91 Å². The number of nitrogens with two attached hydrogens (primary N) is 1. The van der Waals surface area contributed by atoms with Gasteiger partial charge in [0.05, 0.1) is 11.3 Å². The summed E-state index contributed by atoms with van der Waals surface area (Å²) in [4.78, 5) is 12.7. The molecule has 1 aliphatic carbocycles. The van der Waals surface area contributed by atoms with Crippen LogP contribution in [0.15, 0.2) is 47.6 Å². The maximum atomic E-state index is 14.5. The summed E-state index contributed by atoms with van der Waals surface area (Å²) in [7, 11) is 0. The fourth-order valence-corrected chi connectivity index (χ4v) is 5.02. The van der Waals surface area contributed by atoms with E-state index in [9.17, 15) is 13.6 Å². The molecule has 4 rings (SSSR count). The van der Waals surface area contributed by atoms with Crippen LogP contribution in [0.25, 0.3) is 0 Å². The van der Waals surface area contributed by atoms with E-state index in [1.807, 2.05) is 18.2 Å². The van der Waals surface area contributed by atoms with E-state index in [4.69, 9.17) is 5.73 Å². The summed E-state index contributed by atoms with van der Waals surface area (Å²) in [5.74, 6) is -1.12. The quantitative estimate of drug-likeness (QED) is 0.844. The number of aryl methyl sites for hydroxylation is 1. The lowest BCUT2D eigenvalue weighted by Gasteiger charge is -2.47. The molecule has 2 aromatic rings. The van der Waals surface area contributed by atoms with Gasteiger partial charge in [0.15, 0.2) is 0 Å². The molecule has 4 nitrogen and oxygen atoms in total. The monoisotopic (exact) mass is 397 g/mol. The van der Waals surface area contributed by atoms with E-state index in [-0.39, 0.29) is 17.4 Å². The van der Waals surface area contributed by atoms with Gasteiger partial charge in [0.25, 0.3) is 0 Å². The van der Waals surface area contributed by atoms with E-state index in [0.717, 1.165) is 49.4 Å². The van der Waals surface area contributed by atoms with Crippen LogP contribution in [0.3, 0.4) is 0 Å². The van der Waals surface area contributed by atoms with Gasteiger partial charge >= 0.3 is 0 Å². The minimum absolute atomic E-state index is 0.119. The number of carbonyl (C=O) groups is 1. The summed E-state index contributed by atoms with van der Waals surface area (Å²) in [6.45, 7) is 2.05. The minimum Gasteiger partial charge on any atom is -0.330 e. The molecule has 0 bridgehead atoms. The zero-order valence-electron chi connectivity index (χ0n) is 16.5. The van der Waals surface area contributed by atoms with Gasteiger partial charge in [-0.25, -0.2) is 13.8 Å². The van der Waals surface area contributed by atoms with Crippen LogP contribution in [-0.4, -0.2) is 23.2 Å². The van der Waals surface area contributed by atoms with Crippen LogP contribution in [0, 0.1) is 17.6 Å². The number of amides is 1. The first kappa shape index (κ1) is 19.7. The molecule has 2 N–H and O–H groups in total. The predicted octanol–water partition coefficient (Wildman–Crippen LogP) is 4.12. The Morgan fingerprint density at radius 3 is 2.83 bits per heavy atom. The Morgan fingerprint density at radius 2 is 2.07 bits per heavy atom. The lowest BCUT2D eigenvalue weighted by Crippen LogP contribution is -2.51. The maximum absolute atomic E-state index is 14.5. The standard InChI is InChI=1S/C23H25F2N3O/c1-15(29)28-23(14-22(27-28)19-13-18(24)10-11-21(19)25)17(6-4-12-26)9-8-16-5-2-3-7-20(16)23/h2-3,5,7,10-11,13,17H,4,6,8-9,12,14,26H2,1H3. The average molecular weight is 397 g/mol. The molecular weight excluding hydrogens is 372 g/mol. The highest BCUT2D eigenvalue weighted by molar-refractivity contribution is 6.04. The maximum Gasteiger partial charge on any atom is 0.240 e. The van der Waals surface area contributed by atoms with Crippen molar-refractivity contribution in [2.75, 3.05) is 6.54 Å². The summed E-state index contributed by atoms with van der Waals surface area (Å²) in [5.41, 5.74) is 7.85. The Kier molecular flexibility index (Phi) is 5.21. The molecule has 6 heteroatoms. The van der Waals surface area contributed by atoms with Crippen LogP contribution in [0.2, 0.25) is 0 Å². The molecule has 2 atom stereocenters. The number of carbonyl (C=O) groups excluding carboxylic acids is 1. The number of hydrogen-bond acceptors (Lipinski definition) is 3. The van der Waals surface area contributed by atoms with E-state index in [2.05, 4.69) is 11.2 Å². The first-order valence-electron chi connectivity index (χ1n) is 10.1. The van der Waals surface area contributed by atoms with Crippen LogP contribution in [0.4, 0.5) is 8.78 Å². The Labute approximate surface area is 169 Å². The molecule has 1 spiro atoms. The zero-order chi connectivity index (χ0) is 20.6. The summed E-state index contributed by atoms with van der Waals surface area (Å²) >= 11 is 0. The van der Waals surface area contributed by atoms with Gasteiger partial charge in [-0.2, -0.15) is 5.10 Å². The summed E-state index contributed by atoms with van der Waals surface area (Å²) < 4.78 is 28.4. The topological polar surface area (TPSA) is 58.7 Å². The number of nitrogens with zero attached hydrogens (tertiary/aromatic N) is 2. The zero-order valence-corrected chi connectivity index (χ0v) is 16.5. The molecular formula is C23H25F2N3O. The van der Waals surface area contributed by atoms with Crippen LogP contribution in [0.5, 0.6) is 0 Å². The highest BCUT2D eigenvalue weighted by Crippen LogP contribution is 2.52. The fraction of sp³-hybridized carbons (Fsp3) is 0.391. The summed E-state index contributed by atoms with van der Waals surface area (Å²) in [5, 5.41) is 6.08. The Bertz CT molecular complexity index is 974. The van der Waals surface area contributed by atoms with Gasteiger partial charge in [-0.05, 0) is 67.5 Å².